The summed E-state index contributed by atoms with van der Waals surface area (Å²) in [6.45, 7) is 0.305. The highest BCUT2D eigenvalue weighted by molar-refractivity contribution is 5.41. The molecule has 4 nitrogen and oxygen atoms in total. The molecule has 0 aliphatic rings. The number of aliphatic hydroxyl groups excluding tert-OH is 2. The zero-order valence-corrected chi connectivity index (χ0v) is 14.3. The SMILES string of the molecule is COc1cc(CCC(O)CCCCCCCCCO)ccc1O. The topological polar surface area (TPSA) is 69.9 Å². The van der Waals surface area contributed by atoms with Crippen molar-refractivity contribution in [2.75, 3.05) is 13.7 Å². The third-order valence-corrected chi connectivity index (χ3v) is 4.21. The molecule has 1 rings (SSSR count). The maximum Gasteiger partial charge on any atom is 0.160 e. The zero-order valence-electron chi connectivity index (χ0n) is 14.3. The summed E-state index contributed by atoms with van der Waals surface area (Å²) in [6.07, 6.45) is 10.0. The average Bonchev–Trinajstić information content (AvgIpc) is 2.56. The predicted molar refractivity (Wildman–Crippen MR) is 93.0 cm³/mol. The van der Waals surface area contributed by atoms with E-state index >= 15 is 0 Å². The molecule has 1 unspecified atom stereocenters. The van der Waals surface area contributed by atoms with Crippen LogP contribution in [0.1, 0.15) is 63.4 Å². The number of methoxy groups -OCH3 is 1. The van der Waals surface area contributed by atoms with Crippen molar-refractivity contribution >= 4 is 0 Å². The van der Waals surface area contributed by atoms with Gasteiger partial charge in [-0.25, -0.2) is 0 Å². The van der Waals surface area contributed by atoms with Gasteiger partial charge in [0.15, 0.2) is 11.5 Å². The third-order valence-electron chi connectivity index (χ3n) is 4.21. The Hall–Kier alpha value is -1.26. The molecule has 23 heavy (non-hydrogen) atoms. The highest BCUT2D eigenvalue weighted by Crippen LogP contribution is 2.27. The smallest absolute Gasteiger partial charge is 0.160 e. The minimum Gasteiger partial charge on any atom is -0.504 e. The normalized spacial score (nSPS) is 12.3. The van der Waals surface area contributed by atoms with E-state index in [0.717, 1.165) is 44.1 Å². The Morgan fingerprint density at radius 3 is 2.26 bits per heavy atom. The summed E-state index contributed by atoms with van der Waals surface area (Å²) in [5.74, 6) is 0.633. The van der Waals surface area contributed by atoms with Crippen LogP contribution in [0, 0.1) is 0 Å². The molecule has 0 heterocycles. The molecule has 0 fully saturated rings. The minimum atomic E-state index is -0.260. The summed E-state index contributed by atoms with van der Waals surface area (Å²) < 4.78 is 5.09. The zero-order chi connectivity index (χ0) is 16.9. The number of rotatable bonds is 13. The number of ether oxygens (including phenoxy) is 1. The fourth-order valence-electron chi connectivity index (χ4n) is 2.73. The second-order valence-electron chi connectivity index (χ2n) is 6.19. The number of benzene rings is 1. The molecule has 0 spiro atoms. The molecule has 0 amide bonds. The van der Waals surface area contributed by atoms with Crippen LogP contribution in [0.15, 0.2) is 18.2 Å². The first kappa shape index (κ1) is 19.8. The summed E-state index contributed by atoms with van der Waals surface area (Å²) in [7, 11) is 1.54. The van der Waals surface area contributed by atoms with Crippen molar-refractivity contribution in [1.82, 2.24) is 0 Å². The number of aryl methyl sites for hydroxylation is 1. The molecule has 0 saturated heterocycles. The summed E-state index contributed by atoms with van der Waals surface area (Å²) in [6, 6.07) is 5.34. The maximum absolute atomic E-state index is 10.1. The van der Waals surface area contributed by atoms with Crippen molar-refractivity contribution in [2.45, 2.75) is 70.3 Å². The second kappa shape index (κ2) is 12.2. The molecule has 0 aliphatic carbocycles. The van der Waals surface area contributed by atoms with E-state index in [1.807, 2.05) is 12.1 Å². The van der Waals surface area contributed by atoms with Gasteiger partial charge in [-0.2, -0.15) is 0 Å². The predicted octanol–water partition coefficient (Wildman–Crippen LogP) is 3.81. The molecule has 132 valence electrons. The number of aromatic hydroxyl groups is 1. The van der Waals surface area contributed by atoms with Gasteiger partial charge in [-0.3, -0.25) is 0 Å². The number of phenols is 1. The highest BCUT2D eigenvalue weighted by Gasteiger charge is 2.07. The Labute approximate surface area is 140 Å². The summed E-state index contributed by atoms with van der Waals surface area (Å²) in [4.78, 5) is 0. The molecule has 0 bridgehead atoms. The van der Waals surface area contributed by atoms with Gasteiger partial charge in [0.05, 0.1) is 13.2 Å². The van der Waals surface area contributed by atoms with E-state index in [-0.39, 0.29) is 11.9 Å². The Bertz CT molecular complexity index is 420. The van der Waals surface area contributed by atoms with Crippen molar-refractivity contribution in [3.8, 4) is 11.5 Å². The van der Waals surface area contributed by atoms with Gasteiger partial charge in [-0.15, -0.1) is 0 Å². The Morgan fingerprint density at radius 1 is 0.957 bits per heavy atom. The molecule has 1 aromatic rings. The number of aliphatic hydroxyl groups is 2. The standard InChI is InChI=1S/C19H32O4/c1-23-19-15-16(11-13-18(19)22)10-12-17(21)9-7-5-3-2-4-6-8-14-20/h11,13,15,17,20-22H,2-10,12,14H2,1H3. The molecule has 0 saturated carbocycles. The van der Waals surface area contributed by atoms with E-state index in [1.165, 1.54) is 32.8 Å². The van der Waals surface area contributed by atoms with Gasteiger partial charge >= 0.3 is 0 Å². The summed E-state index contributed by atoms with van der Waals surface area (Å²) >= 11 is 0. The van der Waals surface area contributed by atoms with Gasteiger partial charge in [0.1, 0.15) is 0 Å². The van der Waals surface area contributed by atoms with Crippen molar-refractivity contribution < 1.29 is 20.1 Å². The van der Waals surface area contributed by atoms with E-state index < -0.39 is 0 Å². The first-order valence-corrected chi connectivity index (χ1v) is 8.82. The van der Waals surface area contributed by atoms with Crippen LogP contribution in [0.3, 0.4) is 0 Å². The van der Waals surface area contributed by atoms with Gasteiger partial charge in [0, 0.05) is 6.61 Å². The Balaban J connectivity index is 2.09. The van der Waals surface area contributed by atoms with Gasteiger partial charge in [0.25, 0.3) is 0 Å². The number of phenolic OH excluding ortho intramolecular Hbond substituents is 1. The monoisotopic (exact) mass is 324 g/mol. The highest BCUT2D eigenvalue weighted by atomic mass is 16.5. The van der Waals surface area contributed by atoms with Crippen molar-refractivity contribution in [3.63, 3.8) is 0 Å². The van der Waals surface area contributed by atoms with E-state index in [0.29, 0.717) is 12.4 Å². The molecule has 0 radical (unpaired) electrons. The third kappa shape index (κ3) is 8.82. The van der Waals surface area contributed by atoms with Crippen LogP contribution in [0.5, 0.6) is 11.5 Å². The molecule has 1 atom stereocenters. The lowest BCUT2D eigenvalue weighted by atomic mass is 10.0. The average molecular weight is 324 g/mol. The van der Waals surface area contributed by atoms with Crippen LogP contribution in [0.25, 0.3) is 0 Å². The minimum absolute atomic E-state index is 0.149. The lowest BCUT2D eigenvalue weighted by Crippen LogP contribution is -2.07. The fraction of sp³-hybridized carbons (Fsp3) is 0.684. The van der Waals surface area contributed by atoms with E-state index in [9.17, 15) is 10.2 Å². The van der Waals surface area contributed by atoms with Gasteiger partial charge in [-0.05, 0) is 43.4 Å². The summed E-state index contributed by atoms with van der Waals surface area (Å²) in [5, 5.41) is 28.3. The van der Waals surface area contributed by atoms with E-state index in [1.54, 1.807) is 6.07 Å². The molecule has 1 aromatic carbocycles. The molecule has 0 aromatic heterocycles. The lowest BCUT2D eigenvalue weighted by molar-refractivity contribution is 0.151. The number of hydrogen-bond donors (Lipinski definition) is 3. The van der Waals surface area contributed by atoms with Gasteiger partial charge in [0.2, 0.25) is 0 Å². The second-order valence-corrected chi connectivity index (χ2v) is 6.19. The van der Waals surface area contributed by atoms with Crippen LogP contribution in [-0.4, -0.2) is 35.1 Å². The first-order valence-electron chi connectivity index (χ1n) is 8.82. The number of hydrogen-bond acceptors (Lipinski definition) is 4. The van der Waals surface area contributed by atoms with E-state index in [2.05, 4.69) is 0 Å². The largest absolute Gasteiger partial charge is 0.504 e. The van der Waals surface area contributed by atoms with Crippen LogP contribution < -0.4 is 4.74 Å². The van der Waals surface area contributed by atoms with Crippen molar-refractivity contribution in [2.24, 2.45) is 0 Å². The molecule has 0 aliphatic heterocycles. The summed E-state index contributed by atoms with van der Waals surface area (Å²) in [5.41, 5.74) is 1.07. The molecule has 3 N–H and O–H groups in total. The quantitative estimate of drug-likeness (QED) is 0.483. The van der Waals surface area contributed by atoms with Gasteiger partial charge in [-0.1, -0.05) is 44.6 Å². The van der Waals surface area contributed by atoms with Crippen LogP contribution in [0.2, 0.25) is 0 Å². The van der Waals surface area contributed by atoms with Crippen LogP contribution in [0.4, 0.5) is 0 Å². The lowest BCUT2D eigenvalue weighted by Gasteiger charge is -2.11. The fourth-order valence-corrected chi connectivity index (χ4v) is 2.73. The van der Waals surface area contributed by atoms with Crippen LogP contribution >= 0.6 is 0 Å². The van der Waals surface area contributed by atoms with Crippen molar-refractivity contribution in [3.05, 3.63) is 23.8 Å². The molecular weight excluding hydrogens is 292 g/mol. The van der Waals surface area contributed by atoms with Crippen LogP contribution in [-0.2, 0) is 6.42 Å². The molecular formula is C19H32O4. The Morgan fingerprint density at radius 2 is 1.61 bits per heavy atom. The van der Waals surface area contributed by atoms with Gasteiger partial charge < -0.3 is 20.1 Å². The first-order chi connectivity index (χ1) is 11.2. The maximum atomic E-state index is 10.1. The number of unbranched alkanes of at least 4 members (excludes halogenated alkanes) is 6. The Kier molecular flexibility index (Phi) is 10.5. The molecule has 4 heteroatoms. The van der Waals surface area contributed by atoms with Crippen molar-refractivity contribution in [1.29, 1.82) is 0 Å². The van der Waals surface area contributed by atoms with E-state index in [4.69, 9.17) is 9.84 Å².